The van der Waals surface area contributed by atoms with Gasteiger partial charge in [-0.15, -0.1) is 0 Å². The minimum Gasteiger partial charge on any atom is -0.491 e. The number of aryl methyl sites for hydroxylation is 3. The van der Waals surface area contributed by atoms with E-state index in [9.17, 15) is 14.7 Å². The van der Waals surface area contributed by atoms with Gasteiger partial charge in [0.2, 0.25) is 5.95 Å². The van der Waals surface area contributed by atoms with Crippen LogP contribution in [0.3, 0.4) is 0 Å². The van der Waals surface area contributed by atoms with Gasteiger partial charge in [0.15, 0.2) is 11.2 Å². The van der Waals surface area contributed by atoms with Crippen LogP contribution in [0, 0.1) is 13.8 Å². The lowest BCUT2D eigenvalue weighted by Gasteiger charge is -2.33. The lowest BCUT2D eigenvalue weighted by atomic mass is 10.1. The molecule has 1 unspecified atom stereocenters. The molecule has 178 valence electrons. The number of piperazine rings is 1. The van der Waals surface area contributed by atoms with E-state index >= 15 is 0 Å². The zero-order valence-corrected chi connectivity index (χ0v) is 19.9. The van der Waals surface area contributed by atoms with Crippen molar-refractivity contribution < 1.29 is 9.84 Å². The Morgan fingerprint density at radius 3 is 2.39 bits per heavy atom. The molecule has 2 aromatic heterocycles. The quantitative estimate of drug-likeness (QED) is 0.568. The first-order valence-corrected chi connectivity index (χ1v) is 11.1. The molecule has 0 radical (unpaired) electrons. The van der Waals surface area contributed by atoms with E-state index in [0.717, 1.165) is 36.3 Å². The highest BCUT2D eigenvalue weighted by molar-refractivity contribution is 5.74. The maximum absolute atomic E-state index is 13.0. The van der Waals surface area contributed by atoms with Crippen molar-refractivity contribution in [2.75, 3.05) is 44.7 Å². The van der Waals surface area contributed by atoms with Crippen LogP contribution in [0.5, 0.6) is 5.75 Å². The molecule has 1 aliphatic rings. The van der Waals surface area contributed by atoms with E-state index in [1.165, 1.54) is 17.2 Å². The Balaban J connectivity index is 1.68. The van der Waals surface area contributed by atoms with Gasteiger partial charge >= 0.3 is 5.69 Å². The molecule has 1 fully saturated rings. The molecule has 3 heterocycles. The fourth-order valence-corrected chi connectivity index (χ4v) is 4.12. The van der Waals surface area contributed by atoms with E-state index in [1.54, 1.807) is 11.6 Å². The average molecular weight is 457 g/mol. The Morgan fingerprint density at radius 1 is 1.03 bits per heavy atom. The summed E-state index contributed by atoms with van der Waals surface area (Å²) >= 11 is 0. The van der Waals surface area contributed by atoms with Crippen molar-refractivity contribution in [3.63, 3.8) is 0 Å². The molecule has 0 amide bonds. The number of likely N-dealkylation sites (N-methyl/N-ethyl adjacent to an activating group) is 1. The standard InChI is InChI=1S/C23H32N6O4/c1-15-6-7-18(12-16(15)2)33-14-17(30)13-29-19-20(26(4)23(32)27(5)21(19)31)24-22(29)28-10-8-25(3)9-11-28/h6-7,12,17,30H,8-11,13-14H2,1-5H3. The van der Waals surface area contributed by atoms with E-state index in [4.69, 9.17) is 4.74 Å². The molecule has 1 saturated heterocycles. The number of hydrogen-bond donors (Lipinski definition) is 1. The molecule has 0 spiro atoms. The summed E-state index contributed by atoms with van der Waals surface area (Å²) in [5.74, 6) is 1.27. The predicted molar refractivity (Wildman–Crippen MR) is 127 cm³/mol. The highest BCUT2D eigenvalue weighted by Crippen LogP contribution is 2.22. The van der Waals surface area contributed by atoms with E-state index < -0.39 is 17.4 Å². The number of benzene rings is 1. The van der Waals surface area contributed by atoms with Crippen LogP contribution in [0.25, 0.3) is 11.2 Å². The third kappa shape index (κ3) is 4.40. The van der Waals surface area contributed by atoms with Crippen LogP contribution in [0.1, 0.15) is 11.1 Å². The van der Waals surface area contributed by atoms with Gasteiger partial charge in [0, 0.05) is 40.3 Å². The minimum atomic E-state index is -0.878. The third-order valence-corrected chi connectivity index (χ3v) is 6.43. The Morgan fingerprint density at radius 2 is 1.73 bits per heavy atom. The summed E-state index contributed by atoms with van der Waals surface area (Å²) in [6.07, 6.45) is -0.878. The SMILES string of the molecule is Cc1ccc(OCC(O)Cn2c(N3CCN(C)CC3)nc3c2c(=O)n(C)c(=O)n3C)cc1C. The number of imidazole rings is 1. The molecular formula is C23H32N6O4. The minimum absolute atomic E-state index is 0.0659. The summed E-state index contributed by atoms with van der Waals surface area (Å²) in [5, 5.41) is 10.8. The van der Waals surface area contributed by atoms with Crippen LogP contribution < -0.4 is 20.9 Å². The largest absolute Gasteiger partial charge is 0.491 e. The summed E-state index contributed by atoms with van der Waals surface area (Å²) < 4.78 is 10.0. The fourth-order valence-electron chi connectivity index (χ4n) is 4.12. The Kier molecular flexibility index (Phi) is 6.31. The Bertz CT molecular complexity index is 1280. The topological polar surface area (TPSA) is 97.8 Å². The van der Waals surface area contributed by atoms with Crippen molar-refractivity contribution in [1.29, 1.82) is 0 Å². The van der Waals surface area contributed by atoms with Gasteiger partial charge in [-0.25, -0.2) is 4.79 Å². The Hall–Kier alpha value is -3.11. The number of nitrogens with zero attached hydrogens (tertiary/aromatic N) is 6. The first-order valence-electron chi connectivity index (χ1n) is 11.1. The van der Waals surface area contributed by atoms with E-state index in [1.807, 2.05) is 32.0 Å². The monoisotopic (exact) mass is 456 g/mol. The first-order chi connectivity index (χ1) is 15.7. The highest BCUT2D eigenvalue weighted by atomic mass is 16.5. The third-order valence-electron chi connectivity index (χ3n) is 6.43. The molecule has 10 heteroatoms. The second-order valence-electron chi connectivity index (χ2n) is 8.90. The maximum atomic E-state index is 13.0. The van der Waals surface area contributed by atoms with Crippen molar-refractivity contribution in [2.45, 2.75) is 26.5 Å². The van der Waals surface area contributed by atoms with Crippen molar-refractivity contribution in [2.24, 2.45) is 14.1 Å². The molecule has 0 saturated carbocycles. The van der Waals surface area contributed by atoms with Crippen LogP contribution in [0.2, 0.25) is 0 Å². The van der Waals surface area contributed by atoms with Crippen LogP contribution in [0.15, 0.2) is 27.8 Å². The highest BCUT2D eigenvalue weighted by Gasteiger charge is 2.26. The van der Waals surface area contributed by atoms with Gasteiger partial charge in [-0.2, -0.15) is 4.98 Å². The summed E-state index contributed by atoms with van der Waals surface area (Å²) in [5.41, 5.74) is 2.05. The normalized spacial score (nSPS) is 15.9. The summed E-state index contributed by atoms with van der Waals surface area (Å²) in [4.78, 5) is 34.5. The molecule has 0 bridgehead atoms. The van der Waals surface area contributed by atoms with Crippen molar-refractivity contribution in [3.05, 3.63) is 50.2 Å². The summed E-state index contributed by atoms with van der Waals surface area (Å²) in [7, 11) is 5.12. The molecule has 3 aromatic rings. The van der Waals surface area contributed by atoms with E-state index in [-0.39, 0.29) is 13.2 Å². The zero-order chi connectivity index (χ0) is 23.9. The number of aliphatic hydroxyl groups excluding tert-OH is 1. The first kappa shape index (κ1) is 23.1. The van der Waals surface area contributed by atoms with Crippen LogP contribution in [-0.2, 0) is 20.6 Å². The predicted octanol–water partition coefficient (Wildman–Crippen LogP) is 0.242. The summed E-state index contributed by atoms with van der Waals surface area (Å²) in [6.45, 7) is 7.43. The molecule has 0 aliphatic carbocycles. The second-order valence-corrected chi connectivity index (χ2v) is 8.90. The molecule has 10 nitrogen and oxygen atoms in total. The van der Waals surface area contributed by atoms with Crippen LogP contribution in [-0.4, -0.2) is 74.6 Å². The van der Waals surface area contributed by atoms with Gasteiger partial charge in [0.05, 0.1) is 6.54 Å². The van der Waals surface area contributed by atoms with Crippen molar-refractivity contribution >= 4 is 17.1 Å². The van der Waals surface area contributed by atoms with E-state index in [0.29, 0.717) is 22.9 Å². The van der Waals surface area contributed by atoms with Crippen LogP contribution >= 0.6 is 0 Å². The zero-order valence-electron chi connectivity index (χ0n) is 19.9. The van der Waals surface area contributed by atoms with Gasteiger partial charge in [-0.05, 0) is 44.2 Å². The molecule has 1 atom stereocenters. The van der Waals surface area contributed by atoms with Crippen molar-refractivity contribution in [3.8, 4) is 5.75 Å². The fraction of sp³-hybridized carbons (Fsp3) is 0.522. The lowest BCUT2D eigenvalue weighted by Crippen LogP contribution is -2.45. The molecule has 1 N–H and O–H groups in total. The number of aliphatic hydroxyl groups is 1. The van der Waals surface area contributed by atoms with Gasteiger partial charge in [0.1, 0.15) is 18.5 Å². The molecule has 1 aromatic carbocycles. The smallest absolute Gasteiger partial charge is 0.332 e. The number of aromatic nitrogens is 4. The molecule has 4 rings (SSSR count). The average Bonchev–Trinajstić information content (AvgIpc) is 3.16. The van der Waals surface area contributed by atoms with Gasteiger partial charge in [0.25, 0.3) is 5.56 Å². The van der Waals surface area contributed by atoms with E-state index in [2.05, 4.69) is 21.8 Å². The molecule has 33 heavy (non-hydrogen) atoms. The van der Waals surface area contributed by atoms with Crippen molar-refractivity contribution in [1.82, 2.24) is 23.6 Å². The number of hydrogen-bond acceptors (Lipinski definition) is 7. The van der Waals surface area contributed by atoms with Crippen LogP contribution in [0.4, 0.5) is 5.95 Å². The lowest BCUT2D eigenvalue weighted by molar-refractivity contribution is 0.0935. The number of ether oxygens (including phenoxy) is 1. The molecular weight excluding hydrogens is 424 g/mol. The number of fused-ring (bicyclic) bond motifs is 1. The van der Waals surface area contributed by atoms with Gasteiger partial charge < -0.3 is 24.2 Å². The molecule has 1 aliphatic heterocycles. The van der Waals surface area contributed by atoms with Gasteiger partial charge in [-0.3, -0.25) is 13.9 Å². The summed E-state index contributed by atoms with van der Waals surface area (Å²) in [6, 6.07) is 5.80. The number of rotatable bonds is 6. The Labute approximate surface area is 192 Å². The number of anilines is 1. The second kappa shape index (κ2) is 9.03. The van der Waals surface area contributed by atoms with Gasteiger partial charge in [-0.1, -0.05) is 6.07 Å². The maximum Gasteiger partial charge on any atom is 0.332 e.